The van der Waals surface area contributed by atoms with Crippen molar-refractivity contribution in [3.8, 4) is 5.69 Å². The van der Waals surface area contributed by atoms with Gasteiger partial charge in [0, 0.05) is 31.0 Å². The Morgan fingerprint density at radius 1 is 1.20 bits per heavy atom. The van der Waals surface area contributed by atoms with E-state index in [1.54, 1.807) is 0 Å². The third-order valence-corrected chi connectivity index (χ3v) is 5.31. The van der Waals surface area contributed by atoms with Gasteiger partial charge in [-0.3, -0.25) is 4.79 Å². The monoisotopic (exact) mass is 341 g/mol. The molecule has 5 nitrogen and oxygen atoms in total. The number of amides is 1. The number of rotatable bonds is 4. The Bertz CT molecular complexity index is 728. The number of hydrogen-bond acceptors (Lipinski definition) is 3. The maximum atomic E-state index is 12.8. The summed E-state index contributed by atoms with van der Waals surface area (Å²) in [7, 11) is 1.89. The minimum atomic E-state index is 0.0624. The van der Waals surface area contributed by atoms with Crippen LogP contribution >= 0.6 is 0 Å². The molecule has 1 saturated carbocycles. The average molecular weight is 341 g/mol. The van der Waals surface area contributed by atoms with Crippen molar-refractivity contribution in [2.24, 2.45) is 5.92 Å². The van der Waals surface area contributed by atoms with Gasteiger partial charge in [-0.05, 0) is 75.8 Å². The second-order valence-electron chi connectivity index (χ2n) is 7.16. The maximum Gasteiger partial charge on any atom is 0.253 e. The van der Waals surface area contributed by atoms with E-state index in [0.29, 0.717) is 11.5 Å². The van der Waals surface area contributed by atoms with Crippen LogP contribution in [0.5, 0.6) is 0 Å². The predicted molar refractivity (Wildman–Crippen MR) is 98.0 cm³/mol. The van der Waals surface area contributed by atoms with Crippen molar-refractivity contribution in [2.45, 2.75) is 45.6 Å². The minimum Gasteiger partial charge on any atom is -0.396 e. The van der Waals surface area contributed by atoms with Crippen molar-refractivity contribution < 1.29 is 9.90 Å². The second kappa shape index (κ2) is 7.40. The quantitative estimate of drug-likeness (QED) is 0.929. The number of nitrogens with zero attached hydrogens (tertiary/aromatic N) is 3. The largest absolute Gasteiger partial charge is 0.396 e. The first-order chi connectivity index (χ1) is 12.0. The van der Waals surface area contributed by atoms with E-state index in [0.717, 1.165) is 42.8 Å². The van der Waals surface area contributed by atoms with Crippen LogP contribution < -0.4 is 0 Å². The number of hydrogen-bond donors (Lipinski definition) is 1. The molecule has 1 fully saturated rings. The molecular weight excluding hydrogens is 314 g/mol. The van der Waals surface area contributed by atoms with Gasteiger partial charge >= 0.3 is 0 Å². The summed E-state index contributed by atoms with van der Waals surface area (Å²) in [6.45, 7) is 4.26. The number of carbonyl (C=O) groups is 1. The van der Waals surface area contributed by atoms with Gasteiger partial charge in [0.2, 0.25) is 0 Å². The number of carbonyl (C=O) groups excluding carboxylic acids is 1. The molecule has 1 aromatic heterocycles. The Kier molecular flexibility index (Phi) is 5.23. The molecule has 1 aliphatic rings. The molecule has 134 valence electrons. The van der Waals surface area contributed by atoms with Gasteiger partial charge in [-0.2, -0.15) is 5.10 Å². The lowest BCUT2D eigenvalue weighted by atomic mass is 9.86. The molecule has 1 amide bonds. The lowest BCUT2D eigenvalue weighted by molar-refractivity contribution is 0.0653. The van der Waals surface area contributed by atoms with E-state index in [2.05, 4.69) is 5.10 Å². The highest BCUT2D eigenvalue weighted by Gasteiger charge is 2.26. The smallest absolute Gasteiger partial charge is 0.253 e. The zero-order valence-electron chi connectivity index (χ0n) is 15.3. The highest BCUT2D eigenvalue weighted by Crippen LogP contribution is 2.27. The topological polar surface area (TPSA) is 58.4 Å². The van der Waals surface area contributed by atoms with Gasteiger partial charge in [-0.15, -0.1) is 0 Å². The molecule has 1 aliphatic carbocycles. The van der Waals surface area contributed by atoms with Crippen LogP contribution in [0.3, 0.4) is 0 Å². The summed E-state index contributed by atoms with van der Waals surface area (Å²) in [5, 5.41) is 13.7. The summed E-state index contributed by atoms with van der Waals surface area (Å²) in [6.07, 6.45) is 3.93. The molecule has 3 rings (SSSR count). The summed E-state index contributed by atoms with van der Waals surface area (Å²) in [5.41, 5.74) is 3.73. The average Bonchev–Trinajstić information content (AvgIpc) is 2.99. The van der Waals surface area contributed by atoms with Crippen molar-refractivity contribution in [3.63, 3.8) is 0 Å². The van der Waals surface area contributed by atoms with Gasteiger partial charge in [0.1, 0.15) is 0 Å². The molecule has 25 heavy (non-hydrogen) atoms. The highest BCUT2D eigenvalue weighted by atomic mass is 16.3. The fourth-order valence-corrected chi connectivity index (χ4v) is 3.72. The lowest BCUT2D eigenvalue weighted by Crippen LogP contribution is -2.39. The first kappa shape index (κ1) is 17.7. The molecule has 0 unspecified atom stereocenters. The summed E-state index contributed by atoms with van der Waals surface area (Å²) in [5.74, 6) is 0.465. The SMILES string of the molecule is Cc1cc(C)n(-c2ccc(C(=O)N(C)C3CCC(CO)CC3)cc2)n1. The molecule has 0 saturated heterocycles. The summed E-state index contributed by atoms with van der Waals surface area (Å²) in [4.78, 5) is 14.6. The standard InChI is InChI=1S/C20H27N3O2/c1-14-12-15(2)23(21-14)19-10-6-17(7-11-19)20(25)22(3)18-8-4-16(13-24)5-9-18/h6-7,10-12,16,18,24H,4-5,8-9,13H2,1-3H3. The van der Waals surface area contributed by atoms with E-state index >= 15 is 0 Å². The van der Waals surface area contributed by atoms with Gasteiger partial charge in [0.05, 0.1) is 11.4 Å². The lowest BCUT2D eigenvalue weighted by Gasteiger charge is -2.34. The number of aromatic nitrogens is 2. The summed E-state index contributed by atoms with van der Waals surface area (Å²) in [6, 6.07) is 9.96. The fraction of sp³-hybridized carbons (Fsp3) is 0.500. The van der Waals surface area contributed by atoms with Gasteiger partial charge < -0.3 is 10.0 Å². The van der Waals surface area contributed by atoms with Crippen molar-refractivity contribution >= 4 is 5.91 Å². The summed E-state index contributed by atoms with van der Waals surface area (Å²) < 4.78 is 1.89. The van der Waals surface area contributed by atoms with Crippen molar-refractivity contribution in [2.75, 3.05) is 13.7 Å². The van der Waals surface area contributed by atoms with Crippen LogP contribution in [0.2, 0.25) is 0 Å². The summed E-state index contributed by atoms with van der Waals surface area (Å²) >= 11 is 0. The van der Waals surface area contributed by atoms with E-state index in [1.165, 1.54) is 0 Å². The van der Waals surface area contributed by atoms with Crippen LogP contribution in [0.1, 0.15) is 47.4 Å². The van der Waals surface area contributed by atoms with Crippen LogP contribution in [0.25, 0.3) is 5.69 Å². The molecule has 0 aliphatic heterocycles. The number of aliphatic hydroxyl groups excluding tert-OH is 1. The Hall–Kier alpha value is -2.14. The van der Waals surface area contributed by atoms with Crippen molar-refractivity contribution in [1.82, 2.24) is 14.7 Å². The maximum absolute atomic E-state index is 12.8. The molecule has 0 bridgehead atoms. The van der Waals surface area contributed by atoms with Crippen molar-refractivity contribution in [1.29, 1.82) is 0 Å². The molecule has 2 aromatic rings. The molecule has 5 heteroatoms. The number of aliphatic hydroxyl groups is 1. The van der Waals surface area contributed by atoms with Gasteiger partial charge in [0.15, 0.2) is 0 Å². The Balaban J connectivity index is 1.69. The van der Waals surface area contributed by atoms with Crippen LogP contribution in [0.15, 0.2) is 30.3 Å². The molecule has 0 atom stereocenters. The Morgan fingerprint density at radius 3 is 2.36 bits per heavy atom. The minimum absolute atomic E-state index is 0.0624. The third kappa shape index (κ3) is 3.76. The molecule has 1 N–H and O–H groups in total. The van der Waals surface area contributed by atoms with Crippen LogP contribution in [0.4, 0.5) is 0 Å². The van der Waals surface area contributed by atoms with Gasteiger partial charge in [-0.1, -0.05) is 0 Å². The predicted octanol–water partition coefficient (Wildman–Crippen LogP) is 3.11. The molecule has 1 aromatic carbocycles. The third-order valence-electron chi connectivity index (χ3n) is 5.31. The van der Waals surface area contributed by atoms with Gasteiger partial charge in [0.25, 0.3) is 5.91 Å². The van der Waals surface area contributed by atoms with Crippen LogP contribution in [0, 0.1) is 19.8 Å². The zero-order valence-corrected chi connectivity index (χ0v) is 15.3. The second-order valence-corrected chi connectivity index (χ2v) is 7.16. The van der Waals surface area contributed by atoms with E-state index in [9.17, 15) is 9.90 Å². The van der Waals surface area contributed by atoms with E-state index in [4.69, 9.17) is 0 Å². The normalized spacial score (nSPS) is 20.5. The molecule has 1 heterocycles. The van der Waals surface area contributed by atoms with Crippen molar-refractivity contribution in [3.05, 3.63) is 47.3 Å². The van der Waals surface area contributed by atoms with E-state index in [1.807, 2.05) is 60.8 Å². The van der Waals surface area contributed by atoms with Crippen LogP contribution in [-0.2, 0) is 0 Å². The molecule has 0 spiro atoms. The number of aryl methyl sites for hydroxylation is 2. The van der Waals surface area contributed by atoms with Gasteiger partial charge in [-0.25, -0.2) is 4.68 Å². The molecular formula is C20H27N3O2. The Morgan fingerprint density at radius 2 is 1.84 bits per heavy atom. The molecule has 0 radical (unpaired) electrons. The first-order valence-electron chi connectivity index (χ1n) is 9.01. The first-order valence-corrected chi connectivity index (χ1v) is 9.01. The Labute approximate surface area is 149 Å². The highest BCUT2D eigenvalue weighted by molar-refractivity contribution is 5.94. The fourth-order valence-electron chi connectivity index (χ4n) is 3.72. The van der Waals surface area contributed by atoms with E-state index < -0.39 is 0 Å². The van der Waals surface area contributed by atoms with Crippen LogP contribution in [-0.4, -0.2) is 45.4 Å². The number of benzene rings is 1. The van der Waals surface area contributed by atoms with E-state index in [-0.39, 0.29) is 18.6 Å². The zero-order chi connectivity index (χ0) is 18.0.